The van der Waals surface area contributed by atoms with Crippen molar-refractivity contribution in [1.82, 2.24) is 9.29 Å². The first-order chi connectivity index (χ1) is 14.5. The van der Waals surface area contributed by atoms with Gasteiger partial charge in [0.05, 0.1) is 4.90 Å². The Kier molecular flexibility index (Phi) is 5.83. The maximum Gasteiger partial charge on any atom is 0.255 e. The van der Waals surface area contributed by atoms with Gasteiger partial charge in [-0.15, -0.1) is 0 Å². The van der Waals surface area contributed by atoms with Crippen LogP contribution in [0.3, 0.4) is 0 Å². The van der Waals surface area contributed by atoms with E-state index in [4.69, 9.17) is 0 Å². The number of rotatable bonds is 4. The Morgan fingerprint density at radius 3 is 2.57 bits per heavy atom. The zero-order chi connectivity index (χ0) is 21.1. The van der Waals surface area contributed by atoms with Gasteiger partial charge in [-0.2, -0.15) is 4.31 Å². The van der Waals surface area contributed by atoms with Crippen LogP contribution >= 0.6 is 0 Å². The topological polar surface area (TPSA) is 79.4 Å². The van der Waals surface area contributed by atoms with Gasteiger partial charge in [0.2, 0.25) is 10.0 Å². The predicted octanol–water partition coefficient (Wildman–Crippen LogP) is 4.36. The first kappa shape index (κ1) is 20.5. The van der Waals surface area contributed by atoms with Crippen molar-refractivity contribution >= 4 is 32.4 Å². The largest absolute Gasteiger partial charge is 0.321 e. The zero-order valence-corrected chi connectivity index (χ0v) is 17.8. The normalized spacial score (nSPS) is 15.6. The molecule has 6 nitrogen and oxygen atoms in total. The highest BCUT2D eigenvalue weighted by molar-refractivity contribution is 7.89. The summed E-state index contributed by atoms with van der Waals surface area (Å²) in [5.41, 5.74) is 1.63. The van der Waals surface area contributed by atoms with Gasteiger partial charge >= 0.3 is 0 Å². The molecule has 1 amide bonds. The third-order valence-corrected chi connectivity index (χ3v) is 7.60. The number of anilines is 1. The molecule has 0 radical (unpaired) electrons. The summed E-state index contributed by atoms with van der Waals surface area (Å²) in [4.78, 5) is 17.3. The highest BCUT2D eigenvalue weighted by Crippen LogP contribution is 2.26. The minimum absolute atomic E-state index is 0.208. The van der Waals surface area contributed by atoms with Crippen LogP contribution in [0.5, 0.6) is 0 Å². The number of pyridine rings is 1. The second kappa shape index (κ2) is 8.53. The number of aryl methyl sites for hydroxylation is 1. The molecule has 1 saturated heterocycles. The van der Waals surface area contributed by atoms with Crippen molar-refractivity contribution < 1.29 is 13.2 Å². The van der Waals surface area contributed by atoms with Gasteiger partial charge in [0.1, 0.15) is 0 Å². The van der Waals surface area contributed by atoms with E-state index in [1.54, 1.807) is 35.8 Å². The fourth-order valence-electron chi connectivity index (χ4n) is 3.87. The molecule has 0 bridgehead atoms. The van der Waals surface area contributed by atoms with Gasteiger partial charge in [-0.05, 0) is 49.6 Å². The lowest BCUT2D eigenvalue weighted by Gasteiger charge is -2.21. The molecule has 3 aromatic rings. The van der Waals surface area contributed by atoms with Gasteiger partial charge in [-0.25, -0.2) is 8.42 Å². The molecule has 30 heavy (non-hydrogen) atoms. The molecule has 2 aromatic carbocycles. The van der Waals surface area contributed by atoms with Crippen LogP contribution in [0.2, 0.25) is 0 Å². The number of hydrogen-bond acceptors (Lipinski definition) is 4. The molecule has 7 heteroatoms. The van der Waals surface area contributed by atoms with Crippen molar-refractivity contribution in [1.29, 1.82) is 0 Å². The smallest absolute Gasteiger partial charge is 0.255 e. The number of aromatic nitrogens is 1. The van der Waals surface area contributed by atoms with Gasteiger partial charge in [-0.1, -0.05) is 31.0 Å². The molecule has 1 N–H and O–H groups in total. The number of amides is 1. The molecule has 0 spiro atoms. The van der Waals surface area contributed by atoms with Crippen molar-refractivity contribution in [3.63, 3.8) is 0 Å². The summed E-state index contributed by atoms with van der Waals surface area (Å²) in [7, 11) is -3.63. The number of nitrogens with one attached hydrogen (secondary N) is 1. The standard InChI is InChI=1S/C23H25N3O3S/c1-17-9-10-18(15-22(17)30(28,29)26-13-4-2-3-5-14-26)23(27)25-21-8-6-7-19-16-24-12-11-20(19)21/h6-12,15-16H,2-5,13-14H2,1H3,(H,25,27). The van der Waals surface area contributed by atoms with E-state index in [9.17, 15) is 13.2 Å². The Labute approximate surface area is 177 Å². The van der Waals surface area contributed by atoms with E-state index in [-0.39, 0.29) is 10.8 Å². The van der Waals surface area contributed by atoms with Crippen LogP contribution in [0.4, 0.5) is 5.69 Å². The van der Waals surface area contributed by atoms with E-state index in [1.807, 2.05) is 24.3 Å². The van der Waals surface area contributed by atoms with E-state index < -0.39 is 10.0 Å². The average molecular weight is 424 g/mol. The third kappa shape index (κ3) is 4.08. The number of benzene rings is 2. The van der Waals surface area contributed by atoms with Crippen LogP contribution in [0.25, 0.3) is 10.8 Å². The molecule has 156 valence electrons. The molecule has 1 aromatic heterocycles. The fourth-order valence-corrected chi connectivity index (χ4v) is 5.63. The maximum absolute atomic E-state index is 13.3. The highest BCUT2D eigenvalue weighted by atomic mass is 32.2. The molecule has 1 aliphatic heterocycles. The second-order valence-corrected chi connectivity index (χ2v) is 9.56. The van der Waals surface area contributed by atoms with Gasteiger partial charge in [0, 0.05) is 47.5 Å². The monoisotopic (exact) mass is 423 g/mol. The SMILES string of the molecule is Cc1ccc(C(=O)Nc2cccc3cnccc23)cc1S(=O)(=O)N1CCCCCC1. The van der Waals surface area contributed by atoms with Gasteiger partial charge in [0.15, 0.2) is 0 Å². The summed E-state index contributed by atoms with van der Waals surface area (Å²) in [6, 6.07) is 12.3. The zero-order valence-electron chi connectivity index (χ0n) is 17.0. The highest BCUT2D eigenvalue weighted by Gasteiger charge is 2.27. The van der Waals surface area contributed by atoms with Gasteiger partial charge < -0.3 is 5.32 Å². The second-order valence-electron chi connectivity index (χ2n) is 7.66. The first-order valence-corrected chi connectivity index (χ1v) is 11.7. The summed E-state index contributed by atoms with van der Waals surface area (Å²) in [5.74, 6) is -0.341. The lowest BCUT2D eigenvalue weighted by molar-refractivity contribution is 0.102. The van der Waals surface area contributed by atoms with Crippen LogP contribution in [-0.2, 0) is 10.0 Å². The predicted molar refractivity (Wildman–Crippen MR) is 118 cm³/mol. The summed E-state index contributed by atoms with van der Waals surface area (Å²) in [6.07, 6.45) is 7.25. The van der Waals surface area contributed by atoms with E-state index in [2.05, 4.69) is 10.3 Å². The van der Waals surface area contributed by atoms with Crippen LogP contribution in [0.15, 0.2) is 59.8 Å². The Balaban J connectivity index is 1.64. The van der Waals surface area contributed by atoms with Crippen LogP contribution < -0.4 is 5.32 Å². The molecule has 1 aliphatic rings. The Bertz CT molecular complexity index is 1180. The number of hydrogen-bond donors (Lipinski definition) is 1. The number of sulfonamides is 1. The molecular weight excluding hydrogens is 398 g/mol. The molecule has 0 aliphatic carbocycles. The minimum atomic E-state index is -3.63. The number of carbonyl (C=O) groups excluding carboxylic acids is 1. The molecular formula is C23H25N3O3S. The van der Waals surface area contributed by atoms with Crippen molar-refractivity contribution in [3.8, 4) is 0 Å². The average Bonchev–Trinajstić information content (AvgIpc) is 3.04. The quantitative estimate of drug-likeness (QED) is 0.676. The van der Waals surface area contributed by atoms with Crippen LogP contribution in [0.1, 0.15) is 41.6 Å². The number of nitrogens with zero attached hydrogens (tertiary/aromatic N) is 2. The first-order valence-electron chi connectivity index (χ1n) is 10.2. The summed E-state index contributed by atoms with van der Waals surface area (Å²) < 4.78 is 28.1. The molecule has 0 unspecified atom stereocenters. The molecule has 2 heterocycles. The minimum Gasteiger partial charge on any atom is -0.321 e. The Morgan fingerprint density at radius 2 is 1.80 bits per heavy atom. The van der Waals surface area contributed by atoms with Gasteiger partial charge in [-0.3, -0.25) is 9.78 Å². The van der Waals surface area contributed by atoms with E-state index in [0.717, 1.165) is 36.5 Å². The Hall–Kier alpha value is -2.77. The van der Waals surface area contributed by atoms with Crippen molar-refractivity contribution in [3.05, 3.63) is 66.0 Å². The molecule has 1 fully saturated rings. The fraction of sp³-hybridized carbons (Fsp3) is 0.304. The van der Waals surface area contributed by atoms with Crippen molar-refractivity contribution in [2.24, 2.45) is 0 Å². The van der Waals surface area contributed by atoms with E-state index >= 15 is 0 Å². The lowest BCUT2D eigenvalue weighted by Crippen LogP contribution is -2.32. The molecule has 0 saturated carbocycles. The summed E-state index contributed by atoms with van der Waals surface area (Å²) in [5, 5.41) is 4.71. The molecule has 4 rings (SSSR count). The summed E-state index contributed by atoms with van der Waals surface area (Å²) in [6.45, 7) is 2.83. The van der Waals surface area contributed by atoms with Crippen molar-refractivity contribution in [2.45, 2.75) is 37.5 Å². The number of carbonyl (C=O) groups is 1. The van der Waals surface area contributed by atoms with Crippen molar-refractivity contribution in [2.75, 3.05) is 18.4 Å². The third-order valence-electron chi connectivity index (χ3n) is 5.56. The molecule has 0 atom stereocenters. The number of fused-ring (bicyclic) bond motifs is 1. The van der Waals surface area contributed by atoms with Crippen LogP contribution in [0, 0.1) is 6.92 Å². The summed E-state index contributed by atoms with van der Waals surface area (Å²) >= 11 is 0. The maximum atomic E-state index is 13.3. The van der Waals surface area contributed by atoms with Gasteiger partial charge in [0.25, 0.3) is 5.91 Å². The van der Waals surface area contributed by atoms with E-state index in [1.165, 1.54) is 6.07 Å². The lowest BCUT2D eigenvalue weighted by atomic mass is 10.1. The van der Waals surface area contributed by atoms with E-state index in [0.29, 0.717) is 29.9 Å². The Morgan fingerprint density at radius 1 is 1.03 bits per heavy atom. The van der Waals surface area contributed by atoms with Crippen LogP contribution in [-0.4, -0.2) is 36.7 Å².